The normalized spacial score (nSPS) is 38.4. The molecule has 5 nitrogen and oxygen atoms in total. The first-order chi connectivity index (χ1) is 11.3. The SMILES string of the molecule is C=C1CC(OC(=O)CCC)C2C(=C)C(=O)OC2C2C(C)C(=O)CC12. The van der Waals surface area contributed by atoms with Crippen molar-refractivity contribution in [3.05, 3.63) is 24.3 Å². The van der Waals surface area contributed by atoms with E-state index in [1.54, 1.807) is 0 Å². The lowest BCUT2D eigenvalue weighted by Crippen LogP contribution is -2.37. The predicted octanol–water partition coefficient (Wildman–Crippen LogP) is 2.60. The van der Waals surface area contributed by atoms with Crippen LogP contribution in [0.15, 0.2) is 24.3 Å². The molecule has 2 saturated carbocycles. The molecule has 5 heteroatoms. The molecule has 2 aliphatic carbocycles. The quantitative estimate of drug-likeness (QED) is 0.451. The fourth-order valence-corrected chi connectivity index (χ4v) is 4.48. The highest BCUT2D eigenvalue weighted by Gasteiger charge is 2.57. The van der Waals surface area contributed by atoms with E-state index in [9.17, 15) is 14.4 Å². The Kier molecular flexibility index (Phi) is 4.37. The second kappa shape index (κ2) is 6.19. The van der Waals surface area contributed by atoms with Crippen molar-refractivity contribution in [2.75, 3.05) is 0 Å². The number of hydrogen-bond donors (Lipinski definition) is 0. The molecule has 0 N–H and O–H groups in total. The van der Waals surface area contributed by atoms with E-state index in [1.807, 2.05) is 13.8 Å². The molecule has 6 atom stereocenters. The van der Waals surface area contributed by atoms with Crippen LogP contribution in [-0.2, 0) is 23.9 Å². The molecule has 24 heavy (non-hydrogen) atoms. The van der Waals surface area contributed by atoms with Crippen LogP contribution in [0.3, 0.4) is 0 Å². The Balaban J connectivity index is 1.95. The second-order valence-corrected chi connectivity index (χ2v) is 7.20. The van der Waals surface area contributed by atoms with Gasteiger partial charge in [0.25, 0.3) is 0 Å². The molecule has 0 aromatic rings. The maximum atomic E-state index is 12.2. The zero-order valence-corrected chi connectivity index (χ0v) is 14.2. The Morgan fingerprint density at radius 2 is 2.00 bits per heavy atom. The van der Waals surface area contributed by atoms with Crippen molar-refractivity contribution in [2.24, 2.45) is 23.7 Å². The van der Waals surface area contributed by atoms with Crippen LogP contribution in [-0.4, -0.2) is 29.9 Å². The monoisotopic (exact) mass is 332 g/mol. The molecule has 0 amide bonds. The highest BCUT2D eigenvalue weighted by atomic mass is 16.6. The third kappa shape index (κ3) is 2.60. The van der Waals surface area contributed by atoms with Crippen LogP contribution < -0.4 is 0 Å². The minimum atomic E-state index is -0.492. The molecular weight excluding hydrogens is 308 g/mol. The van der Waals surface area contributed by atoms with Crippen molar-refractivity contribution in [2.45, 2.75) is 51.7 Å². The van der Waals surface area contributed by atoms with Gasteiger partial charge in [-0.1, -0.05) is 32.6 Å². The van der Waals surface area contributed by atoms with Crippen molar-refractivity contribution in [1.29, 1.82) is 0 Å². The Morgan fingerprint density at radius 1 is 1.29 bits per heavy atom. The Labute approximate surface area is 142 Å². The van der Waals surface area contributed by atoms with Crippen LogP contribution in [0.2, 0.25) is 0 Å². The largest absolute Gasteiger partial charge is 0.461 e. The fraction of sp³-hybridized carbons (Fsp3) is 0.632. The van der Waals surface area contributed by atoms with Gasteiger partial charge in [-0.25, -0.2) is 4.79 Å². The van der Waals surface area contributed by atoms with Gasteiger partial charge in [0.1, 0.15) is 18.0 Å². The van der Waals surface area contributed by atoms with E-state index in [0.717, 1.165) is 5.57 Å². The van der Waals surface area contributed by atoms with Gasteiger partial charge in [0, 0.05) is 36.7 Å². The third-order valence-electron chi connectivity index (χ3n) is 5.74. The van der Waals surface area contributed by atoms with E-state index < -0.39 is 24.1 Å². The lowest BCUT2D eigenvalue weighted by molar-refractivity contribution is -0.153. The number of hydrogen-bond acceptors (Lipinski definition) is 5. The van der Waals surface area contributed by atoms with Crippen molar-refractivity contribution in [3.63, 3.8) is 0 Å². The van der Waals surface area contributed by atoms with E-state index in [2.05, 4.69) is 13.2 Å². The van der Waals surface area contributed by atoms with Crippen molar-refractivity contribution in [3.8, 4) is 0 Å². The Morgan fingerprint density at radius 3 is 2.67 bits per heavy atom. The minimum Gasteiger partial charge on any atom is -0.461 e. The second-order valence-electron chi connectivity index (χ2n) is 7.20. The molecule has 1 heterocycles. The lowest BCUT2D eigenvalue weighted by atomic mass is 9.79. The number of carbonyl (C=O) groups excluding carboxylic acids is 3. The van der Waals surface area contributed by atoms with Gasteiger partial charge in [-0.2, -0.15) is 0 Å². The Bertz CT molecular complexity index is 619. The summed E-state index contributed by atoms with van der Waals surface area (Å²) in [6, 6.07) is 0. The summed E-state index contributed by atoms with van der Waals surface area (Å²) in [5.41, 5.74) is 1.25. The highest BCUT2D eigenvalue weighted by molar-refractivity contribution is 5.92. The smallest absolute Gasteiger partial charge is 0.334 e. The van der Waals surface area contributed by atoms with Crippen molar-refractivity contribution >= 4 is 17.7 Å². The number of ether oxygens (including phenoxy) is 2. The van der Waals surface area contributed by atoms with E-state index in [4.69, 9.17) is 9.47 Å². The molecule has 1 aliphatic heterocycles. The van der Waals surface area contributed by atoms with Gasteiger partial charge in [0.15, 0.2) is 0 Å². The first-order valence-corrected chi connectivity index (χ1v) is 8.64. The summed E-state index contributed by atoms with van der Waals surface area (Å²) in [5.74, 6) is -1.25. The van der Waals surface area contributed by atoms with Gasteiger partial charge in [-0.15, -0.1) is 0 Å². The summed E-state index contributed by atoms with van der Waals surface area (Å²) in [7, 11) is 0. The average Bonchev–Trinajstić information content (AvgIpc) is 2.93. The summed E-state index contributed by atoms with van der Waals surface area (Å²) in [6.07, 6.45) is 0.960. The van der Waals surface area contributed by atoms with Crippen LogP contribution in [0.25, 0.3) is 0 Å². The van der Waals surface area contributed by atoms with Crippen LogP contribution in [0.4, 0.5) is 0 Å². The van der Waals surface area contributed by atoms with Crippen LogP contribution in [0, 0.1) is 23.7 Å². The maximum absolute atomic E-state index is 12.2. The van der Waals surface area contributed by atoms with Crippen molar-refractivity contribution < 1.29 is 23.9 Å². The molecule has 3 rings (SSSR count). The van der Waals surface area contributed by atoms with Crippen molar-refractivity contribution in [1.82, 2.24) is 0 Å². The molecule has 1 saturated heterocycles. The molecule has 3 aliphatic rings. The van der Waals surface area contributed by atoms with Crippen LogP contribution in [0.5, 0.6) is 0 Å². The molecule has 0 spiro atoms. The predicted molar refractivity (Wildman–Crippen MR) is 86.8 cm³/mol. The molecule has 6 unspecified atom stereocenters. The van der Waals surface area contributed by atoms with E-state index >= 15 is 0 Å². The fourth-order valence-electron chi connectivity index (χ4n) is 4.48. The topological polar surface area (TPSA) is 69.7 Å². The molecular formula is C19H24O5. The zero-order valence-electron chi connectivity index (χ0n) is 14.2. The van der Waals surface area contributed by atoms with Gasteiger partial charge in [-0.3, -0.25) is 9.59 Å². The van der Waals surface area contributed by atoms with Gasteiger partial charge in [-0.05, 0) is 12.3 Å². The van der Waals surface area contributed by atoms with E-state index in [0.29, 0.717) is 31.3 Å². The number of ketones is 1. The summed E-state index contributed by atoms with van der Waals surface area (Å²) < 4.78 is 11.3. The first-order valence-electron chi connectivity index (χ1n) is 8.64. The number of esters is 2. The lowest BCUT2D eigenvalue weighted by Gasteiger charge is -2.29. The maximum Gasteiger partial charge on any atom is 0.334 e. The van der Waals surface area contributed by atoms with Gasteiger partial charge < -0.3 is 9.47 Å². The average molecular weight is 332 g/mol. The molecule has 3 fully saturated rings. The summed E-state index contributed by atoms with van der Waals surface area (Å²) in [5, 5.41) is 0. The molecule has 0 aromatic heterocycles. The molecule has 130 valence electrons. The molecule has 0 bridgehead atoms. The van der Waals surface area contributed by atoms with E-state index in [1.165, 1.54) is 0 Å². The number of carbonyl (C=O) groups is 3. The minimum absolute atomic E-state index is 0.0198. The third-order valence-corrected chi connectivity index (χ3v) is 5.74. The Hall–Kier alpha value is -1.91. The summed E-state index contributed by atoms with van der Waals surface area (Å²) >= 11 is 0. The molecule has 0 aromatic carbocycles. The van der Waals surface area contributed by atoms with Crippen LogP contribution in [0.1, 0.15) is 39.5 Å². The van der Waals surface area contributed by atoms with Gasteiger partial charge >= 0.3 is 11.9 Å². The molecule has 0 radical (unpaired) electrons. The van der Waals surface area contributed by atoms with Gasteiger partial charge in [0.2, 0.25) is 0 Å². The van der Waals surface area contributed by atoms with Crippen LogP contribution >= 0.6 is 0 Å². The zero-order chi connectivity index (χ0) is 17.6. The highest BCUT2D eigenvalue weighted by Crippen LogP contribution is 2.51. The number of fused-ring (bicyclic) bond motifs is 3. The standard InChI is InChI=1S/C19H24O5/c1-5-6-15(21)23-14-7-9(2)12-8-13(20)10(3)16(12)18-17(14)11(4)19(22)24-18/h10,12,14,16-18H,2,4-8H2,1,3H3. The van der Waals surface area contributed by atoms with Gasteiger partial charge in [0.05, 0.1) is 5.92 Å². The van der Waals surface area contributed by atoms with E-state index in [-0.39, 0.29) is 29.5 Å². The number of rotatable bonds is 3. The summed E-state index contributed by atoms with van der Waals surface area (Å²) in [6.45, 7) is 11.8. The number of Topliss-reactive ketones (excluding diaryl/α,β-unsaturated/α-hetero) is 1. The summed E-state index contributed by atoms with van der Waals surface area (Å²) in [4.78, 5) is 36.3. The first kappa shape index (κ1) is 16.9.